The largest absolute Gasteiger partial charge is 0.481 e. The number of carbonyl (C=O) groups is 1. The normalized spacial score (nSPS) is 17.8. The second-order valence-electron chi connectivity index (χ2n) is 5.21. The average molecular weight is 272 g/mol. The molecule has 0 amide bonds. The molecule has 0 aromatic carbocycles. The number of aromatic nitrogens is 4. The van der Waals surface area contributed by atoms with Crippen LogP contribution in [0.1, 0.15) is 23.4 Å². The Labute approximate surface area is 116 Å². The fourth-order valence-corrected chi connectivity index (χ4v) is 2.65. The molecule has 6 heteroatoms. The monoisotopic (exact) mass is 272 g/mol. The van der Waals surface area contributed by atoms with Crippen molar-refractivity contribution in [1.29, 1.82) is 0 Å². The van der Waals surface area contributed by atoms with E-state index in [0.717, 1.165) is 22.6 Å². The van der Waals surface area contributed by atoms with Gasteiger partial charge in [-0.25, -0.2) is 9.97 Å². The van der Waals surface area contributed by atoms with Gasteiger partial charge < -0.3 is 5.11 Å². The molecule has 104 valence electrons. The summed E-state index contributed by atoms with van der Waals surface area (Å²) >= 11 is 0. The molecule has 0 fully saturated rings. The van der Waals surface area contributed by atoms with Crippen molar-refractivity contribution >= 4 is 5.97 Å². The van der Waals surface area contributed by atoms with Crippen LogP contribution < -0.4 is 0 Å². The maximum atomic E-state index is 11.1. The summed E-state index contributed by atoms with van der Waals surface area (Å²) in [4.78, 5) is 20.2. The Morgan fingerprint density at radius 3 is 2.90 bits per heavy atom. The molecule has 2 aromatic heterocycles. The van der Waals surface area contributed by atoms with Crippen molar-refractivity contribution in [2.45, 2.75) is 26.2 Å². The van der Waals surface area contributed by atoms with Crippen LogP contribution in [-0.2, 0) is 24.7 Å². The summed E-state index contributed by atoms with van der Waals surface area (Å²) < 4.78 is 1.72. The molecule has 1 aliphatic carbocycles. The third-order valence-electron chi connectivity index (χ3n) is 3.77. The van der Waals surface area contributed by atoms with E-state index >= 15 is 0 Å². The number of hydrogen-bond donors (Lipinski definition) is 1. The summed E-state index contributed by atoms with van der Waals surface area (Å²) in [5.74, 6) is -0.426. The number of hydrogen-bond acceptors (Lipinski definition) is 4. The molecule has 0 bridgehead atoms. The molecular weight excluding hydrogens is 256 g/mol. The van der Waals surface area contributed by atoms with Crippen LogP contribution >= 0.6 is 0 Å². The standard InChI is InChI=1S/C14H16N4O2/c1-8-10-7-9(14(19)20)3-4-11(10)16-13(15-8)12-5-6-18(2)17-12/h5-6,9H,3-4,7H2,1-2H3,(H,19,20). The van der Waals surface area contributed by atoms with Gasteiger partial charge in [-0.05, 0) is 37.8 Å². The minimum Gasteiger partial charge on any atom is -0.481 e. The molecule has 20 heavy (non-hydrogen) atoms. The molecular formula is C14H16N4O2. The molecule has 0 saturated carbocycles. The molecule has 2 heterocycles. The summed E-state index contributed by atoms with van der Waals surface area (Å²) in [6, 6.07) is 1.88. The van der Waals surface area contributed by atoms with Gasteiger partial charge in [0.2, 0.25) is 0 Å². The van der Waals surface area contributed by atoms with Gasteiger partial charge in [-0.15, -0.1) is 0 Å². The van der Waals surface area contributed by atoms with Gasteiger partial charge >= 0.3 is 5.97 Å². The topological polar surface area (TPSA) is 80.9 Å². The molecule has 1 aliphatic rings. The van der Waals surface area contributed by atoms with Crippen LogP contribution in [0.3, 0.4) is 0 Å². The highest BCUT2D eigenvalue weighted by Gasteiger charge is 2.27. The van der Waals surface area contributed by atoms with Crippen molar-refractivity contribution in [1.82, 2.24) is 19.7 Å². The Bertz CT molecular complexity index is 678. The predicted octanol–water partition coefficient (Wildman–Crippen LogP) is 1.38. The molecule has 0 saturated heterocycles. The summed E-state index contributed by atoms with van der Waals surface area (Å²) in [5.41, 5.74) is 3.57. The van der Waals surface area contributed by atoms with E-state index in [1.165, 1.54) is 0 Å². The van der Waals surface area contributed by atoms with Gasteiger partial charge in [-0.2, -0.15) is 5.10 Å². The zero-order valence-electron chi connectivity index (χ0n) is 11.5. The van der Waals surface area contributed by atoms with Gasteiger partial charge in [-0.3, -0.25) is 9.48 Å². The lowest BCUT2D eigenvalue weighted by Crippen LogP contribution is -2.24. The van der Waals surface area contributed by atoms with Crippen LogP contribution in [0.5, 0.6) is 0 Å². The molecule has 2 aromatic rings. The third kappa shape index (κ3) is 2.17. The van der Waals surface area contributed by atoms with Crippen LogP contribution in [0.2, 0.25) is 0 Å². The van der Waals surface area contributed by atoms with E-state index in [9.17, 15) is 4.79 Å². The fraction of sp³-hybridized carbons (Fsp3) is 0.429. The molecule has 0 radical (unpaired) electrons. The van der Waals surface area contributed by atoms with Crippen molar-refractivity contribution in [3.8, 4) is 11.5 Å². The highest BCUT2D eigenvalue weighted by atomic mass is 16.4. The number of aryl methyl sites for hydroxylation is 3. The van der Waals surface area contributed by atoms with E-state index in [2.05, 4.69) is 15.1 Å². The second kappa shape index (κ2) is 4.70. The third-order valence-corrected chi connectivity index (χ3v) is 3.77. The number of carboxylic acids is 1. The summed E-state index contributed by atoms with van der Waals surface area (Å²) in [7, 11) is 1.85. The minimum atomic E-state index is -0.733. The molecule has 6 nitrogen and oxygen atoms in total. The first kappa shape index (κ1) is 12.8. The Morgan fingerprint density at radius 1 is 1.45 bits per heavy atom. The van der Waals surface area contributed by atoms with Crippen molar-refractivity contribution in [2.75, 3.05) is 0 Å². The van der Waals surface area contributed by atoms with Gasteiger partial charge in [0.25, 0.3) is 0 Å². The number of carboxylic acid groups (broad SMARTS) is 1. The van der Waals surface area contributed by atoms with Crippen molar-refractivity contribution < 1.29 is 9.90 Å². The van der Waals surface area contributed by atoms with Crippen LogP contribution in [0.4, 0.5) is 0 Å². The summed E-state index contributed by atoms with van der Waals surface area (Å²) in [5, 5.41) is 13.4. The first-order chi connectivity index (χ1) is 9.54. The predicted molar refractivity (Wildman–Crippen MR) is 72.1 cm³/mol. The number of nitrogens with zero attached hydrogens (tertiary/aromatic N) is 4. The Kier molecular flexibility index (Phi) is 3.00. The first-order valence-corrected chi connectivity index (χ1v) is 6.64. The van der Waals surface area contributed by atoms with Crippen LogP contribution in [0.15, 0.2) is 12.3 Å². The lowest BCUT2D eigenvalue weighted by molar-refractivity contribution is -0.142. The minimum absolute atomic E-state index is 0.314. The van der Waals surface area contributed by atoms with Crippen LogP contribution in [0, 0.1) is 12.8 Å². The maximum Gasteiger partial charge on any atom is 0.306 e. The van der Waals surface area contributed by atoms with E-state index < -0.39 is 5.97 Å². The van der Waals surface area contributed by atoms with Gasteiger partial charge in [-0.1, -0.05) is 0 Å². The van der Waals surface area contributed by atoms with Crippen molar-refractivity contribution in [3.63, 3.8) is 0 Å². The molecule has 0 aliphatic heterocycles. The van der Waals surface area contributed by atoms with Gasteiger partial charge in [0.05, 0.1) is 5.92 Å². The molecule has 3 rings (SSSR count). The van der Waals surface area contributed by atoms with E-state index in [1.54, 1.807) is 4.68 Å². The number of fused-ring (bicyclic) bond motifs is 1. The summed E-state index contributed by atoms with van der Waals surface area (Å²) in [6.45, 7) is 1.91. The smallest absolute Gasteiger partial charge is 0.306 e. The molecule has 1 unspecified atom stereocenters. The highest BCUT2D eigenvalue weighted by molar-refractivity contribution is 5.71. The van der Waals surface area contributed by atoms with Crippen LogP contribution in [-0.4, -0.2) is 30.8 Å². The number of aliphatic carboxylic acids is 1. The Hall–Kier alpha value is -2.24. The SMILES string of the molecule is Cc1nc(-c2ccn(C)n2)nc2c1CC(C(=O)O)CC2. The van der Waals surface area contributed by atoms with E-state index in [4.69, 9.17) is 5.11 Å². The van der Waals surface area contributed by atoms with Crippen molar-refractivity contribution in [3.05, 3.63) is 29.2 Å². The second-order valence-corrected chi connectivity index (χ2v) is 5.21. The van der Waals surface area contributed by atoms with Crippen molar-refractivity contribution in [2.24, 2.45) is 13.0 Å². The molecule has 1 N–H and O–H groups in total. The highest BCUT2D eigenvalue weighted by Crippen LogP contribution is 2.28. The van der Waals surface area contributed by atoms with Crippen LogP contribution in [0.25, 0.3) is 11.5 Å². The van der Waals surface area contributed by atoms with Gasteiger partial charge in [0, 0.05) is 24.6 Å². The lowest BCUT2D eigenvalue weighted by Gasteiger charge is -2.22. The maximum absolute atomic E-state index is 11.1. The van der Waals surface area contributed by atoms with E-state index in [1.807, 2.05) is 26.2 Å². The first-order valence-electron chi connectivity index (χ1n) is 6.64. The quantitative estimate of drug-likeness (QED) is 0.893. The Balaban J connectivity index is 2.00. The zero-order chi connectivity index (χ0) is 14.3. The van der Waals surface area contributed by atoms with Gasteiger partial charge in [0.15, 0.2) is 5.82 Å². The zero-order valence-corrected chi connectivity index (χ0v) is 11.5. The number of rotatable bonds is 2. The van der Waals surface area contributed by atoms with E-state index in [-0.39, 0.29) is 5.92 Å². The Morgan fingerprint density at radius 2 is 2.25 bits per heavy atom. The molecule has 1 atom stereocenters. The average Bonchev–Trinajstić information content (AvgIpc) is 2.85. The fourth-order valence-electron chi connectivity index (χ4n) is 2.65. The molecule has 0 spiro atoms. The van der Waals surface area contributed by atoms with Gasteiger partial charge in [0.1, 0.15) is 5.69 Å². The lowest BCUT2D eigenvalue weighted by atomic mass is 9.86. The van der Waals surface area contributed by atoms with E-state index in [0.29, 0.717) is 25.1 Å². The summed E-state index contributed by atoms with van der Waals surface area (Å²) in [6.07, 6.45) is 3.71.